The van der Waals surface area contributed by atoms with Gasteiger partial charge in [-0.25, -0.2) is 0 Å². The van der Waals surface area contributed by atoms with Gasteiger partial charge in [0.15, 0.2) is 5.58 Å². The maximum Gasteiger partial charge on any atom is 0.160 e. The monoisotopic (exact) mass is 729 g/mol. The van der Waals surface area contributed by atoms with Crippen LogP contribution >= 0.6 is 0 Å². The summed E-state index contributed by atoms with van der Waals surface area (Å²) in [5.41, 5.74) is 15.8. The molecule has 0 saturated heterocycles. The van der Waals surface area contributed by atoms with Crippen LogP contribution in [0.3, 0.4) is 0 Å². The largest absolute Gasteiger partial charge is 0.456 e. The van der Waals surface area contributed by atoms with Crippen LogP contribution in [0.15, 0.2) is 221 Å². The highest BCUT2D eigenvalue weighted by Crippen LogP contribution is 2.46. The van der Waals surface area contributed by atoms with Crippen LogP contribution < -0.4 is 4.90 Å². The van der Waals surface area contributed by atoms with Crippen LogP contribution in [0.5, 0.6) is 0 Å². The molecule has 0 unspecified atom stereocenters. The van der Waals surface area contributed by atoms with Crippen molar-refractivity contribution in [3.8, 4) is 44.5 Å². The lowest BCUT2D eigenvalue weighted by Gasteiger charge is -2.26. The molecule has 3 heteroatoms. The predicted molar refractivity (Wildman–Crippen MR) is 237 cm³/mol. The van der Waals surface area contributed by atoms with Crippen molar-refractivity contribution in [3.05, 3.63) is 212 Å². The SMILES string of the molecule is c1ccc(-c2ccc(-c3ccc(N(c4ccc(-c5ccc6c(c5)oc5ccccc56)cc4)c4ccc(-c5ccccc5)c5c4oc4ccccc45)cc3)cc2)cc1. The van der Waals surface area contributed by atoms with Crippen molar-refractivity contribution in [3.63, 3.8) is 0 Å². The molecule has 3 nitrogen and oxygen atoms in total. The van der Waals surface area contributed by atoms with Gasteiger partial charge >= 0.3 is 0 Å². The average Bonchev–Trinajstić information content (AvgIpc) is 3.87. The molecule has 0 fully saturated rings. The van der Waals surface area contributed by atoms with Gasteiger partial charge in [0.2, 0.25) is 0 Å². The third kappa shape index (κ3) is 5.76. The third-order valence-electron chi connectivity index (χ3n) is 11.1. The number of benzene rings is 9. The summed E-state index contributed by atoms with van der Waals surface area (Å²) in [6.07, 6.45) is 0. The molecule has 11 rings (SSSR count). The summed E-state index contributed by atoms with van der Waals surface area (Å²) in [7, 11) is 0. The molecule has 268 valence electrons. The zero-order valence-electron chi connectivity index (χ0n) is 31.0. The first-order chi connectivity index (χ1) is 28.2. The molecule has 0 aliphatic heterocycles. The van der Waals surface area contributed by atoms with Crippen LogP contribution in [0.25, 0.3) is 88.4 Å². The van der Waals surface area contributed by atoms with E-state index in [2.05, 4.69) is 199 Å². The fourth-order valence-electron chi connectivity index (χ4n) is 8.27. The minimum Gasteiger partial charge on any atom is -0.456 e. The maximum absolute atomic E-state index is 6.82. The van der Waals surface area contributed by atoms with E-state index in [1.54, 1.807) is 0 Å². The molecule has 0 N–H and O–H groups in total. The molecule has 0 bridgehead atoms. The third-order valence-corrected chi connectivity index (χ3v) is 11.1. The van der Waals surface area contributed by atoms with Gasteiger partial charge in [0.1, 0.15) is 16.7 Å². The van der Waals surface area contributed by atoms with Crippen LogP contribution in [0.1, 0.15) is 0 Å². The molecule has 2 aromatic heterocycles. The molecule has 0 atom stereocenters. The Morgan fingerprint density at radius 3 is 1.39 bits per heavy atom. The molecule has 0 aliphatic carbocycles. The fourth-order valence-corrected chi connectivity index (χ4v) is 8.27. The number of hydrogen-bond acceptors (Lipinski definition) is 3. The smallest absolute Gasteiger partial charge is 0.160 e. The minimum atomic E-state index is 0.845. The molecule has 0 amide bonds. The summed E-state index contributed by atoms with van der Waals surface area (Å²) in [6, 6.07) is 75.0. The van der Waals surface area contributed by atoms with E-state index in [1.807, 2.05) is 18.2 Å². The Bertz CT molecular complexity index is 3200. The topological polar surface area (TPSA) is 29.5 Å². The lowest BCUT2D eigenvalue weighted by molar-refractivity contribution is 0.668. The summed E-state index contributed by atoms with van der Waals surface area (Å²) < 4.78 is 13.1. The number of furan rings is 2. The average molecular weight is 730 g/mol. The lowest BCUT2D eigenvalue weighted by Crippen LogP contribution is -2.10. The zero-order chi connectivity index (χ0) is 37.7. The van der Waals surface area contributed by atoms with Crippen molar-refractivity contribution in [2.24, 2.45) is 0 Å². The Balaban J connectivity index is 1.03. The van der Waals surface area contributed by atoms with Crippen molar-refractivity contribution in [1.82, 2.24) is 0 Å². The van der Waals surface area contributed by atoms with E-state index in [0.717, 1.165) is 88.8 Å². The fraction of sp³-hybridized carbons (Fsp3) is 0. The summed E-state index contributed by atoms with van der Waals surface area (Å²) in [4.78, 5) is 2.31. The Morgan fingerprint density at radius 2 is 0.754 bits per heavy atom. The molecule has 2 heterocycles. The van der Waals surface area contributed by atoms with E-state index in [0.29, 0.717) is 0 Å². The van der Waals surface area contributed by atoms with E-state index in [4.69, 9.17) is 8.83 Å². The van der Waals surface area contributed by atoms with Crippen molar-refractivity contribution in [2.45, 2.75) is 0 Å². The van der Waals surface area contributed by atoms with Gasteiger partial charge in [-0.3, -0.25) is 0 Å². The highest BCUT2D eigenvalue weighted by atomic mass is 16.3. The van der Waals surface area contributed by atoms with E-state index < -0.39 is 0 Å². The molecule has 11 aromatic rings. The van der Waals surface area contributed by atoms with E-state index >= 15 is 0 Å². The molecular formula is C54H35NO2. The quantitative estimate of drug-likeness (QED) is 0.164. The van der Waals surface area contributed by atoms with E-state index in [9.17, 15) is 0 Å². The van der Waals surface area contributed by atoms with Gasteiger partial charge < -0.3 is 13.7 Å². The summed E-state index contributed by atoms with van der Waals surface area (Å²) in [6.45, 7) is 0. The Kier molecular flexibility index (Phi) is 7.82. The number of hydrogen-bond donors (Lipinski definition) is 0. The van der Waals surface area contributed by atoms with Gasteiger partial charge in [-0.1, -0.05) is 158 Å². The molecule has 57 heavy (non-hydrogen) atoms. The van der Waals surface area contributed by atoms with Gasteiger partial charge in [0, 0.05) is 32.9 Å². The molecular weight excluding hydrogens is 695 g/mol. The summed E-state index contributed by atoms with van der Waals surface area (Å²) in [5.74, 6) is 0. The maximum atomic E-state index is 6.82. The Hall–Kier alpha value is -7.62. The van der Waals surface area contributed by atoms with Crippen LogP contribution in [-0.4, -0.2) is 0 Å². The number of rotatable bonds is 7. The van der Waals surface area contributed by atoms with Crippen molar-refractivity contribution < 1.29 is 8.83 Å². The number of para-hydroxylation sites is 2. The first-order valence-corrected chi connectivity index (χ1v) is 19.3. The second kappa shape index (κ2) is 13.6. The van der Waals surface area contributed by atoms with Crippen LogP contribution in [0.2, 0.25) is 0 Å². The first kappa shape index (κ1) is 32.8. The standard InChI is InChI=1S/C54H35NO2/c1-3-11-36(12-4-1)37-19-21-38(22-20-37)39-23-28-43(29-24-39)55(44-30-25-40(26-31-44)42-27-32-47-46-15-7-9-17-50(46)56-52(47)35-42)49-34-33-45(41-13-5-2-6-14-41)53-48-16-8-10-18-51(48)57-54(49)53/h1-35H. The van der Waals surface area contributed by atoms with Gasteiger partial charge in [0.25, 0.3) is 0 Å². The number of fused-ring (bicyclic) bond motifs is 6. The van der Waals surface area contributed by atoms with E-state index in [1.165, 1.54) is 16.7 Å². The predicted octanol–water partition coefficient (Wildman–Crippen LogP) is 15.6. The van der Waals surface area contributed by atoms with Crippen LogP contribution in [0.4, 0.5) is 17.1 Å². The van der Waals surface area contributed by atoms with Gasteiger partial charge in [-0.05, 0) is 99.1 Å². The number of anilines is 3. The Morgan fingerprint density at radius 1 is 0.298 bits per heavy atom. The Labute approximate surface area is 330 Å². The second-order valence-electron chi connectivity index (χ2n) is 14.5. The normalized spacial score (nSPS) is 11.5. The highest BCUT2D eigenvalue weighted by molar-refractivity contribution is 6.17. The van der Waals surface area contributed by atoms with Crippen LogP contribution in [-0.2, 0) is 0 Å². The van der Waals surface area contributed by atoms with Crippen molar-refractivity contribution in [2.75, 3.05) is 4.90 Å². The van der Waals surface area contributed by atoms with E-state index in [-0.39, 0.29) is 0 Å². The van der Waals surface area contributed by atoms with Gasteiger partial charge in [-0.15, -0.1) is 0 Å². The van der Waals surface area contributed by atoms with Crippen LogP contribution in [0, 0.1) is 0 Å². The lowest BCUT2D eigenvalue weighted by atomic mass is 9.97. The van der Waals surface area contributed by atoms with Gasteiger partial charge in [-0.2, -0.15) is 0 Å². The van der Waals surface area contributed by atoms with Crippen molar-refractivity contribution >= 4 is 60.9 Å². The summed E-state index contributed by atoms with van der Waals surface area (Å²) >= 11 is 0. The molecule has 0 saturated carbocycles. The van der Waals surface area contributed by atoms with Gasteiger partial charge in [0.05, 0.1) is 5.69 Å². The zero-order valence-corrected chi connectivity index (χ0v) is 31.0. The van der Waals surface area contributed by atoms with Crippen molar-refractivity contribution in [1.29, 1.82) is 0 Å². The summed E-state index contributed by atoms with van der Waals surface area (Å²) in [5, 5.41) is 4.46. The molecule has 0 spiro atoms. The molecule has 0 aliphatic rings. The second-order valence-corrected chi connectivity index (χ2v) is 14.5. The number of nitrogens with zero attached hydrogens (tertiary/aromatic N) is 1. The highest BCUT2D eigenvalue weighted by Gasteiger charge is 2.22. The molecule has 9 aromatic carbocycles. The molecule has 0 radical (unpaired) electrons. The minimum absolute atomic E-state index is 0.845. The first-order valence-electron chi connectivity index (χ1n) is 19.3.